The summed E-state index contributed by atoms with van der Waals surface area (Å²) >= 11 is 0. The van der Waals surface area contributed by atoms with E-state index in [-0.39, 0.29) is 78.9 Å². The Morgan fingerprint density at radius 2 is 0.628 bits per heavy atom. The molecular weight excluding hydrogens is 666 g/mol. The fraction of sp³-hybridized carbons (Fsp3) is 0.500. The van der Waals surface area contributed by atoms with Gasteiger partial charge in [-0.2, -0.15) is 0 Å². The van der Waals surface area contributed by atoms with Gasteiger partial charge < -0.3 is 73.9 Å². The van der Waals surface area contributed by atoms with Gasteiger partial charge in [-0.15, -0.1) is 0 Å². The third kappa shape index (κ3) is 47.3. The Hall–Kier alpha value is -4.80. The van der Waals surface area contributed by atoms with Gasteiger partial charge in [0, 0.05) is 58.2 Å². The normalized spacial score (nSPS) is 9.84. The number of aliphatic carboxylic acids is 6. The van der Waals surface area contributed by atoms with Crippen LogP contribution in [0.2, 0.25) is 0 Å². The number of rotatable bonds is 15. The molecule has 0 aliphatic carbocycles. The van der Waals surface area contributed by atoms with Crippen molar-refractivity contribution in [2.24, 2.45) is 0 Å². The molecule has 3 atom stereocenters. The first kappa shape index (κ1) is 54.3. The zero-order valence-electron chi connectivity index (χ0n) is 22.0. The second-order valence-corrected chi connectivity index (χ2v) is 6.68. The van der Waals surface area contributed by atoms with E-state index in [1.807, 2.05) is 0 Å². The second-order valence-electron chi connectivity index (χ2n) is 6.68. The number of nitrogens with zero attached hydrogens (tertiary/aromatic N) is 3. The quantitative estimate of drug-likeness (QED) is 0.0882. The van der Waals surface area contributed by atoms with E-state index in [4.69, 9.17) is 33.7 Å². The van der Waals surface area contributed by atoms with E-state index in [9.17, 15) is 59.4 Å². The van der Waals surface area contributed by atoms with Crippen LogP contribution in [0.15, 0.2) is 0 Å². The fourth-order valence-electron chi connectivity index (χ4n) is 2.02. The Labute approximate surface area is 260 Å². The molecule has 0 amide bonds. The minimum absolute atomic E-state index is 0. The predicted octanol–water partition coefficient (Wildman–Crippen LogP) is -6.28. The van der Waals surface area contributed by atoms with Crippen LogP contribution in [-0.2, 0) is 63.8 Å². The van der Waals surface area contributed by atoms with E-state index in [0.717, 1.165) is 0 Å². The maximum atomic E-state index is 10.1. The van der Waals surface area contributed by atoms with Crippen molar-refractivity contribution in [2.75, 3.05) is 0 Å². The summed E-state index contributed by atoms with van der Waals surface area (Å²) in [4.78, 5) is 68.3. The first-order valence-corrected chi connectivity index (χ1v) is 10.7. The van der Waals surface area contributed by atoms with E-state index >= 15 is 0 Å². The van der Waals surface area contributed by atoms with Gasteiger partial charge in [-0.1, -0.05) is 0 Å². The van der Waals surface area contributed by atoms with Crippen molar-refractivity contribution >= 4 is 35.8 Å². The van der Waals surface area contributed by atoms with Gasteiger partial charge in [0.05, 0.1) is 0 Å². The van der Waals surface area contributed by atoms with Gasteiger partial charge in [0.2, 0.25) is 0 Å². The van der Waals surface area contributed by atoms with Gasteiger partial charge in [-0.25, -0.2) is 19.7 Å². The van der Waals surface area contributed by atoms with E-state index in [0.29, 0.717) is 0 Å². The molecule has 0 bridgehead atoms. The van der Waals surface area contributed by atoms with Crippen LogP contribution in [0.4, 0.5) is 0 Å². The first-order chi connectivity index (χ1) is 19.7. The van der Waals surface area contributed by atoms with E-state index < -0.39 is 53.9 Å². The van der Waals surface area contributed by atoms with Crippen LogP contribution < -0.4 is 30.6 Å². The molecule has 234 valence electrons. The minimum atomic E-state index is -1.46. The molecule has 0 saturated heterocycles. The molecule has 0 aromatic heterocycles. The summed E-state index contributed by atoms with van der Waals surface area (Å²) < 4.78 is 22.5. The van der Waals surface area contributed by atoms with Gasteiger partial charge in [0.1, 0.15) is 17.9 Å². The Bertz CT molecular complexity index is 892. The average molecular weight is 687 g/mol. The molecule has 19 heteroatoms. The molecule has 0 aromatic carbocycles. The molecule has 0 spiro atoms. The third-order valence-electron chi connectivity index (χ3n) is 3.86. The van der Waals surface area contributed by atoms with Crippen molar-refractivity contribution in [2.45, 2.75) is 75.9 Å². The molecule has 0 heterocycles. The van der Waals surface area contributed by atoms with Gasteiger partial charge in [0.25, 0.3) is 18.1 Å². The largest absolute Gasteiger partial charge is 0 e. The van der Waals surface area contributed by atoms with Crippen LogP contribution in [-0.4, -0.2) is 53.9 Å². The van der Waals surface area contributed by atoms with E-state index in [1.54, 1.807) is 0 Å². The summed E-state index contributed by atoms with van der Waals surface area (Å²) in [7, 11) is 0. The monoisotopic (exact) mass is 689 g/mol. The Morgan fingerprint density at radius 3 is 0.721 bits per heavy atom. The third-order valence-corrected chi connectivity index (χ3v) is 3.86. The van der Waals surface area contributed by atoms with Gasteiger partial charge in [0.15, 0.2) is 0 Å². The molecule has 0 radical (unpaired) electrons. The predicted molar refractivity (Wildman–Crippen MR) is 115 cm³/mol. The zero-order chi connectivity index (χ0) is 34.7. The number of carbonyl (C=O) groups is 6. The van der Waals surface area contributed by atoms with Crippen molar-refractivity contribution in [3.8, 4) is 0 Å². The molecule has 0 aliphatic heterocycles. The summed E-state index contributed by atoms with van der Waals surface area (Å²) in [5, 5.41) is 60.0. The Balaban J connectivity index is -0.0000000819. The van der Waals surface area contributed by atoms with Crippen LogP contribution >= 0.6 is 0 Å². The molecule has 0 saturated carbocycles. The van der Waals surface area contributed by atoms with Crippen LogP contribution in [0.25, 0.3) is 14.5 Å². The molecule has 0 aliphatic rings. The second kappa shape index (κ2) is 41.7. The smallest absolute Gasteiger partial charge is 0 e. The molecular formula is C24H21MoN3O15-6. The number of hydrogen-bond acceptors (Lipinski definition) is 12. The van der Waals surface area contributed by atoms with Crippen LogP contribution in [0.1, 0.15) is 57.8 Å². The topological polar surface area (TPSA) is 314 Å². The maximum absolute atomic E-state index is 10.1. The van der Waals surface area contributed by atoms with Crippen LogP contribution in [0.3, 0.4) is 0 Å². The number of carboxylic acid groups (broad SMARTS) is 6. The van der Waals surface area contributed by atoms with Crippen molar-refractivity contribution in [1.29, 1.82) is 0 Å². The van der Waals surface area contributed by atoms with Crippen molar-refractivity contribution in [1.82, 2.24) is 0 Å². The minimum Gasteiger partial charge on any atom is 0 e. The number of carbonyl (C=O) groups excluding carboxylic acids is 6. The van der Waals surface area contributed by atoms with Gasteiger partial charge in [-0.05, 0) is 38.5 Å². The van der Waals surface area contributed by atoms with Crippen molar-refractivity contribution in [3.05, 3.63) is 54.2 Å². The number of carboxylic acids is 6. The van der Waals surface area contributed by atoms with E-state index in [2.05, 4.69) is 34.5 Å². The summed E-state index contributed by atoms with van der Waals surface area (Å²) in [6, 6.07) is -3.70. The van der Waals surface area contributed by atoms with Crippen molar-refractivity contribution < 1.29 is 94.4 Å². The molecule has 43 heavy (non-hydrogen) atoms. The molecule has 18 nitrogen and oxygen atoms in total. The summed E-state index contributed by atoms with van der Waals surface area (Å²) in [5.41, 5.74) is 0. The summed E-state index contributed by atoms with van der Waals surface area (Å²) in [5.74, 6) is -8.08. The summed E-state index contributed by atoms with van der Waals surface area (Å²) in [6.07, 6.45) is -0.284. The fourth-order valence-corrected chi connectivity index (χ4v) is 2.02. The Kier molecular flexibility index (Phi) is 52.6. The zero-order valence-corrected chi connectivity index (χ0v) is 24.0. The first-order valence-electron chi connectivity index (χ1n) is 10.7. The molecule has 0 rings (SSSR count). The molecule has 3 unspecified atom stereocenters. The standard InChI is InChI=1S/3C7H9NO4.3CO.Mo/c3*1-8-5(7(11)12)3-2-4-6(9)10;3*1-2;/h3*5H,2-4H2,(H,9,10)(H,11,12);;;;/p-6. The Morgan fingerprint density at radius 1 is 0.465 bits per heavy atom. The molecule has 0 aromatic rings. The van der Waals surface area contributed by atoms with Gasteiger partial charge >= 0.3 is 33.9 Å². The van der Waals surface area contributed by atoms with E-state index in [1.165, 1.54) is 0 Å². The summed E-state index contributed by atoms with van der Waals surface area (Å²) in [6.45, 7) is 32.8. The average Bonchev–Trinajstić information content (AvgIpc) is 2.94. The number of hydrogen-bond donors (Lipinski definition) is 0. The molecule has 0 N–H and O–H groups in total. The van der Waals surface area contributed by atoms with Crippen LogP contribution in [0, 0.1) is 39.7 Å². The maximum Gasteiger partial charge on any atom is 0 e. The van der Waals surface area contributed by atoms with Crippen molar-refractivity contribution in [3.63, 3.8) is 0 Å². The molecule has 0 fully saturated rings. The van der Waals surface area contributed by atoms with Gasteiger partial charge in [-0.3, -0.25) is 0 Å². The SMILES string of the molecule is [C-]#[N+]C(CCCC(=O)[O-])C(=O)[O-].[C-]#[N+]C(CCCC(=O)[O-])C(=O)[O-].[C-]#[N+]C(CCCC(=O)[O-])C(=O)[O-].[C-]#[O+].[C-]#[O+].[C-]#[O+].[Mo]. The van der Waals surface area contributed by atoms with Crippen LogP contribution in [0.5, 0.6) is 0 Å².